The Morgan fingerprint density at radius 2 is 1.57 bits per heavy atom. The molecule has 120 valence electrons. The normalized spacial score (nSPS) is 59.9. The van der Waals surface area contributed by atoms with E-state index < -0.39 is 0 Å². The van der Waals surface area contributed by atoms with Crippen molar-refractivity contribution >= 4 is 0 Å². The van der Waals surface area contributed by atoms with Gasteiger partial charge in [0.15, 0.2) is 0 Å². The minimum absolute atomic E-state index is 0.0664. The van der Waals surface area contributed by atoms with Gasteiger partial charge in [0, 0.05) is 5.41 Å². The largest absolute Gasteiger partial charge is 0.372 e. The Morgan fingerprint density at radius 3 is 2.24 bits per heavy atom. The Hall–Kier alpha value is -0.0400. The molecule has 1 spiro atoms. The van der Waals surface area contributed by atoms with Crippen LogP contribution < -0.4 is 0 Å². The predicted molar refractivity (Wildman–Crippen MR) is 87.1 cm³/mol. The monoisotopic (exact) mass is 290 g/mol. The van der Waals surface area contributed by atoms with Crippen molar-refractivity contribution in [3.63, 3.8) is 0 Å². The highest BCUT2D eigenvalue weighted by atomic mass is 16.5. The standard InChI is InChI=1S/C20H34O/c1-13-8-9-14-17(4,5)19(7)12-20(13,14)10-15-18(19,6)11-16(2,3)21-15/h13-15H,8-12H2,1-7H3. The topological polar surface area (TPSA) is 9.23 Å². The van der Waals surface area contributed by atoms with Crippen molar-refractivity contribution in [2.45, 2.75) is 92.3 Å². The maximum absolute atomic E-state index is 6.65. The van der Waals surface area contributed by atoms with Gasteiger partial charge in [0.25, 0.3) is 0 Å². The fourth-order valence-electron chi connectivity index (χ4n) is 8.05. The van der Waals surface area contributed by atoms with Gasteiger partial charge in [-0.2, -0.15) is 0 Å². The van der Waals surface area contributed by atoms with Crippen LogP contribution in [0.2, 0.25) is 0 Å². The summed E-state index contributed by atoms with van der Waals surface area (Å²) >= 11 is 0. The third-order valence-corrected chi connectivity index (χ3v) is 9.33. The number of ether oxygens (including phenoxy) is 1. The van der Waals surface area contributed by atoms with E-state index in [0.29, 0.717) is 27.8 Å². The molecule has 21 heavy (non-hydrogen) atoms. The van der Waals surface area contributed by atoms with Gasteiger partial charge in [-0.1, -0.05) is 34.6 Å². The quantitative estimate of drug-likeness (QED) is 0.578. The van der Waals surface area contributed by atoms with Crippen LogP contribution in [0.25, 0.3) is 0 Å². The molecule has 4 rings (SSSR count). The Labute approximate surface area is 131 Å². The first-order valence-electron chi connectivity index (χ1n) is 9.16. The fourth-order valence-corrected chi connectivity index (χ4v) is 8.05. The lowest BCUT2D eigenvalue weighted by Crippen LogP contribution is -2.53. The van der Waals surface area contributed by atoms with Crippen LogP contribution >= 0.6 is 0 Å². The molecule has 4 aliphatic rings. The number of rotatable bonds is 0. The maximum Gasteiger partial charge on any atom is 0.0647 e. The lowest BCUT2D eigenvalue weighted by molar-refractivity contribution is -0.125. The van der Waals surface area contributed by atoms with Gasteiger partial charge >= 0.3 is 0 Å². The molecule has 2 bridgehead atoms. The van der Waals surface area contributed by atoms with Gasteiger partial charge in [-0.3, -0.25) is 0 Å². The summed E-state index contributed by atoms with van der Waals surface area (Å²) in [6, 6.07) is 0. The smallest absolute Gasteiger partial charge is 0.0647 e. The first-order chi connectivity index (χ1) is 9.49. The van der Waals surface area contributed by atoms with E-state index >= 15 is 0 Å². The Kier molecular flexibility index (Phi) is 2.46. The second-order valence-electron chi connectivity index (χ2n) is 10.7. The Balaban J connectivity index is 1.89. The van der Waals surface area contributed by atoms with Gasteiger partial charge < -0.3 is 4.74 Å². The summed E-state index contributed by atoms with van der Waals surface area (Å²) in [5.41, 5.74) is 1.87. The molecule has 3 aliphatic carbocycles. The number of hydrogen-bond acceptors (Lipinski definition) is 1. The second-order valence-corrected chi connectivity index (χ2v) is 10.7. The van der Waals surface area contributed by atoms with Crippen molar-refractivity contribution in [3.05, 3.63) is 0 Å². The van der Waals surface area contributed by atoms with E-state index in [1.165, 1.54) is 32.1 Å². The minimum Gasteiger partial charge on any atom is -0.372 e. The van der Waals surface area contributed by atoms with Crippen LogP contribution in [0, 0.1) is 33.5 Å². The van der Waals surface area contributed by atoms with E-state index in [4.69, 9.17) is 4.74 Å². The van der Waals surface area contributed by atoms with Crippen LogP contribution in [0.5, 0.6) is 0 Å². The molecule has 1 heterocycles. The van der Waals surface area contributed by atoms with Gasteiger partial charge in [-0.25, -0.2) is 0 Å². The van der Waals surface area contributed by atoms with E-state index in [1.807, 2.05) is 0 Å². The molecule has 0 radical (unpaired) electrons. The van der Waals surface area contributed by atoms with Gasteiger partial charge in [0.2, 0.25) is 0 Å². The highest BCUT2D eigenvalue weighted by Gasteiger charge is 2.77. The fraction of sp³-hybridized carbons (Fsp3) is 1.00. The van der Waals surface area contributed by atoms with E-state index in [9.17, 15) is 0 Å². The first-order valence-corrected chi connectivity index (χ1v) is 9.16. The highest BCUT2D eigenvalue weighted by molar-refractivity contribution is 5.25. The van der Waals surface area contributed by atoms with Crippen molar-refractivity contribution in [2.75, 3.05) is 0 Å². The zero-order valence-corrected chi connectivity index (χ0v) is 15.2. The van der Waals surface area contributed by atoms with Gasteiger partial charge in [0.1, 0.15) is 0 Å². The van der Waals surface area contributed by atoms with E-state index in [0.717, 1.165) is 11.8 Å². The molecule has 6 atom stereocenters. The molecule has 0 aromatic carbocycles. The molecule has 3 saturated carbocycles. The van der Waals surface area contributed by atoms with Gasteiger partial charge in [0.05, 0.1) is 11.7 Å². The highest BCUT2D eigenvalue weighted by Crippen LogP contribution is 2.82. The SMILES string of the molecule is CC1CCC2C13CC1OC(C)(C)CC1(C)C(C)(C3)C2(C)C. The molecule has 0 aromatic heterocycles. The zero-order chi connectivity index (χ0) is 15.5. The van der Waals surface area contributed by atoms with Crippen molar-refractivity contribution in [1.82, 2.24) is 0 Å². The van der Waals surface area contributed by atoms with E-state index in [2.05, 4.69) is 48.5 Å². The van der Waals surface area contributed by atoms with E-state index in [-0.39, 0.29) is 5.60 Å². The van der Waals surface area contributed by atoms with E-state index in [1.54, 1.807) is 0 Å². The molecule has 0 amide bonds. The van der Waals surface area contributed by atoms with Crippen LogP contribution in [0.1, 0.15) is 80.6 Å². The van der Waals surface area contributed by atoms with Crippen LogP contribution in [0.15, 0.2) is 0 Å². The van der Waals surface area contributed by atoms with Crippen molar-refractivity contribution in [3.8, 4) is 0 Å². The Morgan fingerprint density at radius 1 is 0.905 bits per heavy atom. The molecule has 1 saturated heterocycles. The molecular weight excluding hydrogens is 256 g/mol. The summed E-state index contributed by atoms with van der Waals surface area (Å²) in [6.45, 7) is 17.5. The molecule has 0 N–H and O–H groups in total. The lowest BCUT2D eigenvalue weighted by Gasteiger charge is -2.56. The molecule has 1 heteroatoms. The lowest BCUT2D eigenvalue weighted by atomic mass is 9.48. The molecule has 1 nitrogen and oxygen atoms in total. The molecule has 0 aromatic rings. The second kappa shape index (κ2) is 3.55. The average molecular weight is 290 g/mol. The van der Waals surface area contributed by atoms with Crippen molar-refractivity contribution in [2.24, 2.45) is 33.5 Å². The van der Waals surface area contributed by atoms with Gasteiger partial charge in [-0.15, -0.1) is 0 Å². The summed E-state index contributed by atoms with van der Waals surface area (Å²) in [6.07, 6.45) is 7.40. The number of fused-ring (bicyclic) bond motifs is 3. The molecule has 6 unspecified atom stereocenters. The summed E-state index contributed by atoms with van der Waals surface area (Å²) in [5, 5.41) is 0. The Bertz CT molecular complexity index is 492. The van der Waals surface area contributed by atoms with Crippen LogP contribution in [0.4, 0.5) is 0 Å². The van der Waals surface area contributed by atoms with Crippen LogP contribution in [-0.4, -0.2) is 11.7 Å². The average Bonchev–Trinajstić information content (AvgIpc) is 2.80. The third kappa shape index (κ3) is 1.35. The summed E-state index contributed by atoms with van der Waals surface area (Å²) in [7, 11) is 0. The maximum atomic E-state index is 6.65. The zero-order valence-electron chi connectivity index (χ0n) is 15.2. The molecule has 4 fully saturated rings. The number of hydrogen-bond donors (Lipinski definition) is 0. The van der Waals surface area contributed by atoms with Crippen molar-refractivity contribution < 1.29 is 4.74 Å². The predicted octanol–water partition coefficient (Wildman–Crippen LogP) is 5.43. The summed E-state index contributed by atoms with van der Waals surface area (Å²) in [4.78, 5) is 0. The molecular formula is C20H34O. The van der Waals surface area contributed by atoms with Crippen molar-refractivity contribution in [1.29, 1.82) is 0 Å². The van der Waals surface area contributed by atoms with Gasteiger partial charge in [-0.05, 0) is 74.0 Å². The van der Waals surface area contributed by atoms with Crippen LogP contribution in [-0.2, 0) is 4.74 Å². The molecule has 1 aliphatic heterocycles. The summed E-state index contributed by atoms with van der Waals surface area (Å²) < 4.78 is 6.65. The third-order valence-electron chi connectivity index (χ3n) is 9.33. The summed E-state index contributed by atoms with van der Waals surface area (Å²) in [5.74, 6) is 1.81. The van der Waals surface area contributed by atoms with Crippen LogP contribution in [0.3, 0.4) is 0 Å². The minimum atomic E-state index is 0.0664. The first kappa shape index (κ1) is 14.5.